The third-order valence-corrected chi connectivity index (χ3v) is 20.1. The van der Waals surface area contributed by atoms with E-state index >= 15 is 0 Å². The summed E-state index contributed by atoms with van der Waals surface area (Å²) in [6.07, 6.45) is 12.0. The standard InChI is InChI=1S/C80H144N24O14S2/c1-95(2)51-65(105)81-37-21-17-29-61(91-69(109)55-99(9)10)75(113)85-41-25-45-103(46-26-42-86-76(114)62(92-70(110)56-100(11)12)30-18-22-38-82-66(106)52-96(3)4)79(117)59-33-35-73(89-49-59)119-120-74-36-34-60(50-90-74)80(118)104(47-27-43-87-77(115)63(93-71(111)57-101(13)14)31-19-23-39-83-67(107)53-97(5)6)48-28-44-88-78(116)64(94-72(112)58-102(15)16)32-20-24-40-84-68(108)54-98(7)8/h33-36,49,61-64,90H,17-32,37-48,50-58H2,1-16H3,(H,81,105)(H,82,106)(H,83,107)(H,84,108)(H,85,113)(H,86,114)(H,87,115)(H,88,116)(H,91,109)(H,92,110)(H,93,111)(H,94,112)/t61-,62-,63-,64-/m0/s1. The predicted molar refractivity (Wildman–Crippen MR) is 468 cm³/mol. The molecule has 0 unspecified atom stereocenters. The largest absolute Gasteiger partial charge is 0.375 e. The number of hydrogen-bond acceptors (Lipinski definition) is 26. The molecule has 0 spiro atoms. The van der Waals surface area contributed by atoms with Crippen molar-refractivity contribution in [3.8, 4) is 0 Å². The van der Waals surface area contributed by atoms with E-state index in [1.165, 1.54) is 27.8 Å². The molecule has 2 heterocycles. The maximum atomic E-state index is 14.6. The summed E-state index contributed by atoms with van der Waals surface area (Å²) in [6.45, 7) is 4.35. The fraction of sp³-hybridized carbons (Fsp3) is 0.713. The Morgan fingerprint density at radius 3 is 0.842 bits per heavy atom. The van der Waals surface area contributed by atoms with Crippen LogP contribution in [-0.2, 0) is 62.3 Å². The molecule has 120 heavy (non-hydrogen) atoms. The van der Waals surface area contributed by atoms with Gasteiger partial charge in [-0.3, -0.25) is 67.1 Å². The van der Waals surface area contributed by atoms with Crippen LogP contribution in [0.15, 0.2) is 46.1 Å². The molecule has 0 aliphatic carbocycles. The molecular formula is C80H144N24O14S2. The van der Waals surface area contributed by atoms with E-state index in [1.807, 2.05) is 0 Å². The van der Waals surface area contributed by atoms with Gasteiger partial charge < -0.3 is 118 Å². The Hall–Kier alpha value is -8.61. The van der Waals surface area contributed by atoms with Crippen molar-refractivity contribution in [3.63, 3.8) is 0 Å². The number of carbonyl (C=O) groups excluding carboxylic acids is 14. The van der Waals surface area contributed by atoms with Gasteiger partial charge in [-0.1, -0.05) is 0 Å². The van der Waals surface area contributed by atoms with Crippen molar-refractivity contribution in [2.75, 3.05) is 250 Å². The third-order valence-electron chi connectivity index (χ3n) is 17.8. The van der Waals surface area contributed by atoms with E-state index in [0.29, 0.717) is 145 Å². The number of nitrogens with one attached hydrogen (secondary N) is 13. The molecule has 0 radical (unpaired) electrons. The monoisotopic (exact) mass is 1730 g/mol. The van der Waals surface area contributed by atoms with Gasteiger partial charge >= 0.3 is 0 Å². The summed E-state index contributed by atoms with van der Waals surface area (Å²) in [7, 11) is 31.0. The minimum absolute atomic E-state index is 0.0620. The van der Waals surface area contributed by atoms with E-state index in [-0.39, 0.29) is 176 Å². The van der Waals surface area contributed by atoms with Crippen molar-refractivity contribution >= 4 is 104 Å². The average molecular weight is 1730 g/mol. The lowest BCUT2D eigenvalue weighted by Crippen LogP contribution is -2.49. The van der Waals surface area contributed by atoms with Gasteiger partial charge in [0.05, 0.1) is 63.0 Å². The second kappa shape index (κ2) is 62.5. The number of nitrogens with zero attached hydrogens (tertiary/aromatic N) is 11. The first-order chi connectivity index (χ1) is 56.9. The van der Waals surface area contributed by atoms with Gasteiger partial charge in [-0.25, -0.2) is 4.98 Å². The topological polar surface area (TPSA) is 441 Å². The lowest BCUT2D eigenvalue weighted by molar-refractivity contribution is -0.129. The molecule has 0 fully saturated rings. The fourth-order valence-corrected chi connectivity index (χ4v) is 13.9. The SMILES string of the molecule is CN(C)CC(=O)NCCCC[C@H](NC(=O)CN(C)C)C(=O)NCCCN(CCCNC(=O)[C@H](CCCCNC(=O)CN(C)C)NC(=O)CN(C)C)C(=O)C1=CC=C(SSc2ccc(C(=O)N(CCCNC(=O)[C@H](CCCCNC(=O)CN(C)C)NC(=O)CN(C)C)CCCNC(=O)[C@H](CCCCNC(=O)CN(C)C)NC(=O)CN(C)C)cn2)NC1. The van der Waals surface area contributed by atoms with E-state index in [0.717, 1.165) is 0 Å². The van der Waals surface area contributed by atoms with Crippen molar-refractivity contribution in [2.45, 2.75) is 132 Å². The Morgan fingerprint density at radius 2 is 0.592 bits per heavy atom. The maximum absolute atomic E-state index is 14.6. The molecule has 680 valence electrons. The first-order valence-electron chi connectivity index (χ1n) is 41.5. The molecule has 1 aromatic heterocycles. The molecule has 0 saturated carbocycles. The Kier molecular flexibility index (Phi) is 56.0. The minimum Gasteiger partial charge on any atom is -0.375 e. The number of dihydropyridines is 1. The van der Waals surface area contributed by atoms with E-state index in [1.54, 1.807) is 186 Å². The number of carbonyl (C=O) groups is 14. The zero-order chi connectivity index (χ0) is 89.5. The number of aromatic nitrogens is 1. The van der Waals surface area contributed by atoms with Crippen LogP contribution in [0.4, 0.5) is 0 Å². The van der Waals surface area contributed by atoms with Crippen LogP contribution in [0.1, 0.15) is 113 Å². The maximum Gasteiger partial charge on any atom is 0.255 e. The first kappa shape index (κ1) is 107. The van der Waals surface area contributed by atoms with Crippen LogP contribution < -0.4 is 69.1 Å². The highest BCUT2D eigenvalue weighted by Crippen LogP contribution is 2.35. The molecule has 1 aromatic rings. The van der Waals surface area contributed by atoms with Gasteiger partial charge in [-0.15, -0.1) is 0 Å². The summed E-state index contributed by atoms with van der Waals surface area (Å²) < 4.78 is 0. The van der Waals surface area contributed by atoms with E-state index < -0.39 is 47.8 Å². The molecule has 14 amide bonds. The Balaban J connectivity index is 2.42. The zero-order valence-electron chi connectivity index (χ0n) is 74.3. The van der Waals surface area contributed by atoms with Gasteiger partial charge in [-0.05, 0) is 261 Å². The van der Waals surface area contributed by atoms with Crippen molar-refractivity contribution in [3.05, 3.63) is 46.6 Å². The molecule has 40 heteroatoms. The van der Waals surface area contributed by atoms with Gasteiger partial charge in [0, 0.05) is 96.9 Å². The van der Waals surface area contributed by atoms with E-state index in [4.69, 9.17) is 0 Å². The molecule has 0 saturated heterocycles. The van der Waals surface area contributed by atoms with E-state index in [2.05, 4.69) is 74.1 Å². The number of pyridine rings is 1. The molecule has 13 N–H and O–H groups in total. The number of unbranched alkanes of at least 4 members (excludes halogenated alkanes) is 4. The van der Waals surface area contributed by atoms with Crippen molar-refractivity contribution in [1.82, 2.24) is 123 Å². The molecule has 0 aromatic carbocycles. The van der Waals surface area contributed by atoms with Gasteiger partial charge in [0.25, 0.3) is 11.8 Å². The fourth-order valence-electron chi connectivity index (χ4n) is 12.1. The summed E-state index contributed by atoms with van der Waals surface area (Å²) in [4.78, 5) is 207. The number of hydrogen-bond donors (Lipinski definition) is 13. The zero-order valence-corrected chi connectivity index (χ0v) is 75.9. The average Bonchev–Trinajstić information content (AvgIpc) is 0.854. The van der Waals surface area contributed by atoms with Crippen molar-refractivity contribution in [2.24, 2.45) is 0 Å². The molecule has 38 nitrogen and oxygen atoms in total. The molecule has 1 aliphatic heterocycles. The predicted octanol–water partition coefficient (Wildman–Crippen LogP) is -2.93. The number of likely N-dealkylation sites (N-methyl/N-ethyl adjacent to an activating group) is 8. The summed E-state index contributed by atoms with van der Waals surface area (Å²) >= 11 is 0. The van der Waals surface area contributed by atoms with Gasteiger partial charge in [0.15, 0.2) is 0 Å². The number of rotatable bonds is 65. The van der Waals surface area contributed by atoms with Crippen LogP contribution in [0.3, 0.4) is 0 Å². The second-order valence-electron chi connectivity index (χ2n) is 32.1. The van der Waals surface area contributed by atoms with Crippen LogP contribution in [0.2, 0.25) is 0 Å². The summed E-state index contributed by atoms with van der Waals surface area (Å²) in [5, 5.41) is 39.2. The Morgan fingerprint density at radius 1 is 0.325 bits per heavy atom. The summed E-state index contributed by atoms with van der Waals surface area (Å²) in [5.74, 6) is -4.04. The first-order valence-corrected chi connectivity index (χ1v) is 43.6. The molecule has 4 atom stereocenters. The highest BCUT2D eigenvalue weighted by molar-refractivity contribution is 8.78. The molecule has 0 bridgehead atoms. The molecular weight excluding hydrogens is 1590 g/mol. The van der Waals surface area contributed by atoms with Gasteiger partial charge in [-0.2, -0.15) is 0 Å². The summed E-state index contributed by atoms with van der Waals surface area (Å²) in [5.41, 5.74) is 0.712. The lowest BCUT2D eigenvalue weighted by Gasteiger charge is -2.26. The lowest BCUT2D eigenvalue weighted by atomic mass is 10.1. The molecule has 1 aliphatic rings. The number of amides is 14. The smallest absolute Gasteiger partial charge is 0.255 e. The number of allylic oxidation sites excluding steroid dienone is 2. The third kappa shape index (κ3) is 52.5. The second-order valence-corrected chi connectivity index (χ2v) is 34.2. The minimum atomic E-state index is -0.859. The highest BCUT2D eigenvalue weighted by Gasteiger charge is 2.28. The quantitative estimate of drug-likeness (QED) is 0.0229. The van der Waals surface area contributed by atoms with Crippen LogP contribution in [0.25, 0.3) is 0 Å². The van der Waals surface area contributed by atoms with Crippen molar-refractivity contribution < 1.29 is 67.1 Å². The summed E-state index contributed by atoms with van der Waals surface area (Å²) in [6, 6.07) is -0.0556. The van der Waals surface area contributed by atoms with Crippen LogP contribution in [0.5, 0.6) is 0 Å². The van der Waals surface area contributed by atoms with Crippen LogP contribution >= 0.6 is 21.6 Å². The van der Waals surface area contributed by atoms with Crippen LogP contribution in [-0.4, -0.2) is 411 Å². The Bertz CT molecular complexity index is 3230. The highest BCUT2D eigenvalue weighted by atomic mass is 33.1. The van der Waals surface area contributed by atoms with E-state index in [9.17, 15) is 67.1 Å². The van der Waals surface area contributed by atoms with Gasteiger partial charge in [0.2, 0.25) is 70.9 Å². The van der Waals surface area contributed by atoms with Crippen molar-refractivity contribution in [1.29, 1.82) is 0 Å². The molecule has 2 rings (SSSR count). The normalized spacial score (nSPS) is 13.0. The van der Waals surface area contributed by atoms with Crippen LogP contribution in [0, 0.1) is 0 Å². The Labute approximate surface area is 719 Å². The van der Waals surface area contributed by atoms with Gasteiger partial charge in [0.1, 0.15) is 29.2 Å².